The van der Waals surface area contributed by atoms with Crippen molar-refractivity contribution >= 4 is 0 Å². The molecule has 112 valence electrons. The van der Waals surface area contributed by atoms with Crippen molar-refractivity contribution in [1.82, 2.24) is 5.06 Å². The monoisotopic (exact) mass is 267 g/mol. The minimum atomic E-state index is -0.160. The molecule has 0 atom stereocenters. The molecule has 19 heavy (non-hydrogen) atoms. The summed E-state index contributed by atoms with van der Waals surface area (Å²) in [7, 11) is 0. The first-order chi connectivity index (χ1) is 8.71. The quantitative estimate of drug-likeness (QED) is 0.694. The van der Waals surface area contributed by atoms with Crippen LogP contribution in [0.4, 0.5) is 0 Å². The second kappa shape index (κ2) is 5.57. The van der Waals surface area contributed by atoms with E-state index < -0.39 is 0 Å². The van der Waals surface area contributed by atoms with Gasteiger partial charge in [0.05, 0.1) is 11.1 Å². The molecule has 0 aromatic rings. The molecular formula is C17H33NO. The molecule has 2 nitrogen and oxygen atoms in total. The second-order valence-electron chi connectivity index (χ2n) is 7.27. The summed E-state index contributed by atoms with van der Waals surface area (Å²) in [5.74, 6) is 0. The first-order valence-electron chi connectivity index (χ1n) is 7.92. The van der Waals surface area contributed by atoms with Crippen molar-refractivity contribution in [3.05, 3.63) is 11.6 Å². The van der Waals surface area contributed by atoms with Gasteiger partial charge in [-0.05, 0) is 43.1 Å². The van der Waals surface area contributed by atoms with Crippen molar-refractivity contribution in [2.75, 3.05) is 0 Å². The summed E-state index contributed by atoms with van der Waals surface area (Å²) >= 11 is 0. The number of hydrogen-bond acceptors (Lipinski definition) is 2. The SMILES string of the molecule is CCC1(CC)C=C(CC(C)(C)C)C(CC)(CC)N1O. The summed E-state index contributed by atoms with van der Waals surface area (Å²) in [5, 5.41) is 12.6. The van der Waals surface area contributed by atoms with Crippen LogP contribution in [0.1, 0.15) is 80.6 Å². The van der Waals surface area contributed by atoms with E-state index in [9.17, 15) is 5.21 Å². The van der Waals surface area contributed by atoms with Crippen LogP contribution < -0.4 is 0 Å². The Morgan fingerprint density at radius 1 is 1.00 bits per heavy atom. The summed E-state index contributed by atoms with van der Waals surface area (Å²) in [5.41, 5.74) is 1.39. The van der Waals surface area contributed by atoms with Crippen molar-refractivity contribution in [3.63, 3.8) is 0 Å². The minimum Gasteiger partial charge on any atom is -0.312 e. The Kier molecular flexibility index (Phi) is 4.90. The van der Waals surface area contributed by atoms with Gasteiger partial charge in [-0.25, -0.2) is 0 Å². The molecule has 0 amide bonds. The van der Waals surface area contributed by atoms with Crippen LogP contribution in [-0.4, -0.2) is 21.3 Å². The molecule has 1 heterocycles. The minimum absolute atomic E-state index is 0.153. The molecule has 2 heteroatoms. The fraction of sp³-hybridized carbons (Fsp3) is 0.882. The highest BCUT2D eigenvalue weighted by Gasteiger charge is 2.52. The Hall–Kier alpha value is -0.340. The molecule has 0 aromatic heterocycles. The van der Waals surface area contributed by atoms with Crippen molar-refractivity contribution in [2.45, 2.75) is 91.6 Å². The third kappa shape index (κ3) is 2.75. The van der Waals surface area contributed by atoms with E-state index in [2.05, 4.69) is 54.5 Å². The first-order valence-corrected chi connectivity index (χ1v) is 7.92. The van der Waals surface area contributed by atoms with Crippen LogP contribution in [0, 0.1) is 5.41 Å². The van der Waals surface area contributed by atoms with Gasteiger partial charge in [0.15, 0.2) is 0 Å². The van der Waals surface area contributed by atoms with Gasteiger partial charge in [-0.1, -0.05) is 54.5 Å². The van der Waals surface area contributed by atoms with Crippen LogP contribution >= 0.6 is 0 Å². The third-order valence-corrected chi connectivity index (χ3v) is 4.98. The van der Waals surface area contributed by atoms with Gasteiger partial charge in [-0.15, -0.1) is 0 Å². The highest BCUT2D eigenvalue weighted by Crippen LogP contribution is 2.49. The standard InChI is InChI=1S/C17H33NO/c1-8-16(9-2)13-14(12-15(5,6)7)17(10-3,11-4)18(16)19/h13,19H,8-12H2,1-7H3. The fourth-order valence-electron chi connectivity index (χ4n) is 3.63. The lowest BCUT2D eigenvalue weighted by Gasteiger charge is -2.44. The third-order valence-electron chi connectivity index (χ3n) is 4.98. The van der Waals surface area contributed by atoms with Crippen LogP contribution in [-0.2, 0) is 0 Å². The maximum atomic E-state index is 10.9. The molecule has 0 bridgehead atoms. The molecule has 1 N–H and O–H groups in total. The predicted molar refractivity (Wildman–Crippen MR) is 82.4 cm³/mol. The smallest absolute Gasteiger partial charge is 0.0674 e. The van der Waals surface area contributed by atoms with Crippen LogP contribution in [0.2, 0.25) is 0 Å². The van der Waals surface area contributed by atoms with E-state index >= 15 is 0 Å². The van der Waals surface area contributed by atoms with Gasteiger partial charge < -0.3 is 5.21 Å². The Labute approximate surface area is 119 Å². The van der Waals surface area contributed by atoms with Crippen LogP contribution in [0.15, 0.2) is 11.6 Å². The zero-order chi connectivity index (χ0) is 14.9. The summed E-state index contributed by atoms with van der Waals surface area (Å²) in [6.45, 7) is 15.6. The van der Waals surface area contributed by atoms with E-state index in [1.54, 1.807) is 5.06 Å². The largest absolute Gasteiger partial charge is 0.312 e. The molecule has 0 fully saturated rings. The number of nitrogens with zero attached hydrogens (tertiary/aromatic N) is 1. The van der Waals surface area contributed by atoms with E-state index in [-0.39, 0.29) is 16.5 Å². The highest BCUT2D eigenvalue weighted by molar-refractivity contribution is 5.33. The lowest BCUT2D eigenvalue weighted by atomic mass is 9.77. The van der Waals surface area contributed by atoms with E-state index in [1.807, 2.05) is 0 Å². The fourth-order valence-corrected chi connectivity index (χ4v) is 3.63. The molecule has 0 saturated heterocycles. The average molecular weight is 267 g/mol. The molecule has 0 spiro atoms. The average Bonchev–Trinajstić information content (AvgIpc) is 2.57. The van der Waals surface area contributed by atoms with Crippen LogP contribution in [0.25, 0.3) is 0 Å². The van der Waals surface area contributed by atoms with Crippen molar-refractivity contribution < 1.29 is 5.21 Å². The molecule has 0 unspecified atom stereocenters. The number of hydrogen-bond donors (Lipinski definition) is 1. The summed E-state index contributed by atoms with van der Waals surface area (Å²) in [6.07, 6.45) is 7.33. The van der Waals surface area contributed by atoms with Gasteiger partial charge in [-0.3, -0.25) is 0 Å². The number of hydroxylamine groups is 2. The Morgan fingerprint density at radius 2 is 1.47 bits per heavy atom. The first kappa shape index (κ1) is 16.7. The normalized spacial score (nSPS) is 22.6. The molecule has 1 aliphatic rings. The van der Waals surface area contributed by atoms with E-state index in [0.29, 0.717) is 0 Å². The maximum Gasteiger partial charge on any atom is 0.0674 e. The molecule has 1 rings (SSSR count). The van der Waals surface area contributed by atoms with E-state index in [0.717, 1.165) is 32.1 Å². The number of rotatable bonds is 5. The van der Waals surface area contributed by atoms with Gasteiger partial charge in [0.25, 0.3) is 0 Å². The lowest BCUT2D eigenvalue weighted by Crippen LogP contribution is -2.53. The van der Waals surface area contributed by atoms with E-state index in [1.165, 1.54) is 5.57 Å². The van der Waals surface area contributed by atoms with Gasteiger partial charge >= 0.3 is 0 Å². The van der Waals surface area contributed by atoms with Crippen LogP contribution in [0.3, 0.4) is 0 Å². The Morgan fingerprint density at radius 3 is 1.79 bits per heavy atom. The van der Waals surface area contributed by atoms with E-state index in [4.69, 9.17) is 0 Å². The maximum absolute atomic E-state index is 10.9. The van der Waals surface area contributed by atoms with Crippen molar-refractivity contribution in [1.29, 1.82) is 0 Å². The van der Waals surface area contributed by atoms with Gasteiger partial charge in [0.2, 0.25) is 0 Å². The predicted octanol–water partition coefficient (Wildman–Crippen LogP) is 5.17. The van der Waals surface area contributed by atoms with Gasteiger partial charge in [0.1, 0.15) is 0 Å². The van der Waals surface area contributed by atoms with Crippen molar-refractivity contribution in [3.8, 4) is 0 Å². The molecular weight excluding hydrogens is 234 g/mol. The zero-order valence-corrected chi connectivity index (χ0v) is 14.0. The second-order valence-corrected chi connectivity index (χ2v) is 7.27. The van der Waals surface area contributed by atoms with Crippen molar-refractivity contribution in [2.24, 2.45) is 5.41 Å². The molecule has 1 aliphatic heterocycles. The zero-order valence-electron chi connectivity index (χ0n) is 14.0. The molecule has 0 radical (unpaired) electrons. The molecule has 0 saturated carbocycles. The lowest BCUT2D eigenvalue weighted by molar-refractivity contribution is -0.209. The highest BCUT2D eigenvalue weighted by atomic mass is 16.5. The van der Waals surface area contributed by atoms with Gasteiger partial charge in [-0.2, -0.15) is 5.06 Å². The topological polar surface area (TPSA) is 23.5 Å². The molecule has 0 aliphatic carbocycles. The summed E-state index contributed by atoms with van der Waals surface area (Å²) in [6, 6.07) is 0. The van der Waals surface area contributed by atoms with Crippen LogP contribution in [0.5, 0.6) is 0 Å². The molecule has 0 aromatic carbocycles. The Bertz CT molecular complexity index is 330. The Balaban J connectivity index is 3.27. The summed E-state index contributed by atoms with van der Waals surface area (Å²) < 4.78 is 0. The van der Waals surface area contributed by atoms with Gasteiger partial charge in [0, 0.05) is 0 Å². The summed E-state index contributed by atoms with van der Waals surface area (Å²) in [4.78, 5) is 0.